The number of aryl methyl sites for hydroxylation is 2. The highest BCUT2D eigenvalue weighted by Gasteiger charge is 2.26. The van der Waals surface area contributed by atoms with Crippen LogP contribution in [-0.4, -0.2) is 25.3 Å². The zero-order valence-electron chi connectivity index (χ0n) is 15.9. The summed E-state index contributed by atoms with van der Waals surface area (Å²) in [6.07, 6.45) is 4.55. The van der Waals surface area contributed by atoms with Crippen molar-refractivity contribution in [1.82, 2.24) is 0 Å². The van der Waals surface area contributed by atoms with Crippen molar-refractivity contribution in [3.63, 3.8) is 0 Å². The predicted octanol–water partition coefficient (Wildman–Crippen LogP) is 5.47. The van der Waals surface area contributed by atoms with Crippen molar-refractivity contribution >= 4 is 33.3 Å². The third-order valence-corrected chi connectivity index (χ3v) is 6.65. The maximum Gasteiger partial charge on any atom is 0.264 e. The van der Waals surface area contributed by atoms with Crippen molar-refractivity contribution in [2.45, 2.75) is 55.7 Å². The summed E-state index contributed by atoms with van der Waals surface area (Å²) in [7, 11) is -3.95. The first-order valence-corrected chi connectivity index (χ1v) is 12.0. The Morgan fingerprint density at radius 1 is 1.04 bits per heavy atom. The molecule has 1 heterocycles. The van der Waals surface area contributed by atoms with Crippen LogP contribution in [0.5, 0.6) is 0 Å². The second-order valence-corrected chi connectivity index (χ2v) is 9.62. The molecule has 2 aromatic rings. The van der Waals surface area contributed by atoms with Crippen LogP contribution in [0.25, 0.3) is 0 Å². The first-order valence-electron chi connectivity index (χ1n) is 9.58. The molecule has 0 unspecified atom stereocenters. The maximum atomic E-state index is 11.2. The van der Waals surface area contributed by atoms with Crippen LogP contribution in [0.2, 0.25) is 0 Å². The van der Waals surface area contributed by atoms with Gasteiger partial charge in [-0.15, -0.1) is 0 Å². The zero-order chi connectivity index (χ0) is 19.4. The Labute approximate surface area is 166 Å². The number of hydrogen-bond donors (Lipinski definition) is 1. The molecule has 1 N–H and O–H groups in total. The maximum absolute atomic E-state index is 11.2. The van der Waals surface area contributed by atoms with Crippen molar-refractivity contribution in [3.8, 4) is 0 Å². The van der Waals surface area contributed by atoms with E-state index in [2.05, 4.69) is 55.1 Å². The molecule has 1 aliphatic heterocycles. The van der Waals surface area contributed by atoms with Gasteiger partial charge in [-0.2, -0.15) is 8.42 Å². The van der Waals surface area contributed by atoms with E-state index in [0.29, 0.717) is 13.0 Å². The topological polar surface area (TPSA) is 57.6 Å². The van der Waals surface area contributed by atoms with Gasteiger partial charge in [0.15, 0.2) is 0 Å². The molecular formula is C21H27NO3S2. The number of fused-ring (bicyclic) bond motifs is 2. The van der Waals surface area contributed by atoms with E-state index in [4.69, 9.17) is 4.55 Å². The molecule has 1 aliphatic rings. The Hall–Kier alpha value is -1.50. The summed E-state index contributed by atoms with van der Waals surface area (Å²) in [6.45, 7) is 4.91. The first-order chi connectivity index (χ1) is 12.9. The second-order valence-electron chi connectivity index (χ2n) is 6.96. The number of hydrogen-bond acceptors (Lipinski definition) is 4. The van der Waals surface area contributed by atoms with E-state index >= 15 is 0 Å². The van der Waals surface area contributed by atoms with Crippen LogP contribution in [0.1, 0.15) is 44.2 Å². The van der Waals surface area contributed by atoms with Crippen LogP contribution in [0.4, 0.5) is 11.4 Å². The summed E-state index contributed by atoms with van der Waals surface area (Å²) in [5, 5.41) is 0. The van der Waals surface area contributed by atoms with Gasteiger partial charge in [0.2, 0.25) is 0 Å². The molecule has 4 nitrogen and oxygen atoms in total. The molecule has 0 aromatic heterocycles. The Kier molecular flexibility index (Phi) is 6.50. The third-order valence-electron chi connectivity index (χ3n) is 4.73. The van der Waals surface area contributed by atoms with Gasteiger partial charge < -0.3 is 4.90 Å². The minimum Gasteiger partial charge on any atom is -0.339 e. The monoisotopic (exact) mass is 405 g/mol. The van der Waals surface area contributed by atoms with E-state index in [1.807, 2.05) is 0 Å². The molecule has 27 heavy (non-hydrogen) atoms. The van der Waals surface area contributed by atoms with Crippen molar-refractivity contribution in [2.24, 2.45) is 0 Å². The van der Waals surface area contributed by atoms with E-state index in [1.54, 1.807) is 11.8 Å². The van der Waals surface area contributed by atoms with E-state index < -0.39 is 10.1 Å². The zero-order valence-corrected chi connectivity index (χ0v) is 17.6. The number of para-hydroxylation sites is 1. The lowest BCUT2D eigenvalue weighted by molar-refractivity contribution is 0.481. The van der Waals surface area contributed by atoms with E-state index in [9.17, 15) is 8.42 Å². The van der Waals surface area contributed by atoms with Gasteiger partial charge in [-0.1, -0.05) is 56.7 Å². The molecule has 6 heteroatoms. The molecule has 0 saturated carbocycles. The van der Waals surface area contributed by atoms with Crippen molar-refractivity contribution < 1.29 is 13.0 Å². The summed E-state index contributed by atoms with van der Waals surface area (Å²) in [4.78, 5) is 4.67. The molecule has 0 aliphatic carbocycles. The fraction of sp³-hybridized carbons (Fsp3) is 0.429. The van der Waals surface area contributed by atoms with Crippen LogP contribution >= 0.6 is 11.8 Å². The molecule has 146 valence electrons. The molecule has 0 fully saturated rings. The molecule has 0 radical (unpaired) electrons. The smallest absolute Gasteiger partial charge is 0.264 e. The number of nitrogens with zero attached hydrogens (tertiary/aromatic N) is 1. The number of rotatable bonds is 8. The molecular weight excluding hydrogens is 378 g/mol. The molecule has 0 bridgehead atoms. The van der Waals surface area contributed by atoms with Gasteiger partial charge >= 0.3 is 0 Å². The lowest BCUT2D eigenvalue weighted by Crippen LogP contribution is -2.25. The highest BCUT2D eigenvalue weighted by atomic mass is 32.2. The lowest BCUT2D eigenvalue weighted by atomic mass is 10.0. The fourth-order valence-electron chi connectivity index (χ4n) is 3.61. The van der Waals surface area contributed by atoms with Crippen LogP contribution in [0.15, 0.2) is 46.2 Å². The van der Waals surface area contributed by atoms with Gasteiger partial charge in [-0.3, -0.25) is 4.55 Å². The number of benzene rings is 2. The van der Waals surface area contributed by atoms with Crippen LogP contribution < -0.4 is 4.90 Å². The molecule has 0 saturated heterocycles. The minimum absolute atomic E-state index is 0.216. The van der Waals surface area contributed by atoms with Gasteiger partial charge in [0, 0.05) is 16.3 Å². The summed E-state index contributed by atoms with van der Waals surface area (Å²) in [5.74, 6) is -0.216. The predicted molar refractivity (Wildman–Crippen MR) is 113 cm³/mol. The Balaban J connectivity index is 2.03. The van der Waals surface area contributed by atoms with Gasteiger partial charge in [-0.25, -0.2) is 0 Å². The minimum atomic E-state index is -3.95. The summed E-state index contributed by atoms with van der Waals surface area (Å²) in [5.41, 5.74) is 4.94. The van der Waals surface area contributed by atoms with Crippen molar-refractivity contribution in [3.05, 3.63) is 47.5 Å². The standard InChI is InChI=1S/C21H27NO3S2/c1-3-7-16-11-12-19-18(15-16)22(13-6-14-27(23,24)25)21-17(8-4-2)9-5-10-20(21)26-19/h5,9-12,15H,3-4,6-8,13-14H2,1-2H3,(H,23,24,25). The quantitative estimate of drug-likeness (QED) is 0.590. The largest absolute Gasteiger partial charge is 0.339 e. The van der Waals surface area contributed by atoms with Crippen LogP contribution in [-0.2, 0) is 23.0 Å². The van der Waals surface area contributed by atoms with E-state index in [-0.39, 0.29) is 5.75 Å². The molecule has 2 aromatic carbocycles. The van der Waals surface area contributed by atoms with Gasteiger partial charge in [0.25, 0.3) is 10.1 Å². The second kappa shape index (κ2) is 8.67. The van der Waals surface area contributed by atoms with E-state index in [1.165, 1.54) is 26.6 Å². The van der Waals surface area contributed by atoms with Crippen LogP contribution in [0.3, 0.4) is 0 Å². The highest BCUT2D eigenvalue weighted by Crippen LogP contribution is 2.50. The normalized spacial score (nSPS) is 13.4. The van der Waals surface area contributed by atoms with Crippen LogP contribution in [0, 0.1) is 0 Å². The van der Waals surface area contributed by atoms with Gasteiger partial charge in [0.1, 0.15) is 0 Å². The molecule has 0 atom stereocenters. The lowest BCUT2D eigenvalue weighted by Gasteiger charge is -2.35. The van der Waals surface area contributed by atoms with Crippen molar-refractivity contribution in [1.29, 1.82) is 0 Å². The Morgan fingerprint density at radius 3 is 2.52 bits per heavy atom. The third kappa shape index (κ3) is 4.86. The van der Waals surface area contributed by atoms with Gasteiger partial charge in [-0.05, 0) is 48.6 Å². The SMILES string of the molecule is CCCc1ccc2c(c1)N(CCCS(=O)(=O)O)c1c(CCC)cccc1S2. The summed E-state index contributed by atoms with van der Waals surface area (Å²) >= 11 is 1.78. The summed E-state index contributed by atoms with van der Waals surface area (Å²) < 4.78 is 31.6. The van der Waals surface area contributed by atoms with Crippen molar-refractivity contribution in [2.75, 3.05) is 17.2 Å². The molecule has 0 spiro atoms. The number of anilines is 2. The van der Waals surface area contributed by atoms with E-state index in [0.717, 1.165) is 31.4 Å². The van der Waals surface area contributed by atoms with Gasteiger partial charge in [0.05, 0.1) is 17.1 Å². The summed E-state index contributed by atoms with van der Waals surface area (Å²) in [6, 6.07) is 13.0. The first kappa shape index (κ1) is 20.2. The average molecular weight is 406 g/mol. The molecule has 0 amide bonds. The molecule has 3 rings (SSSR count). The Morgan fingerprint density at radius 2 is 1.81 bits per heavy atom. The average Bonchev–Trinajstić information content (AvgIpc) is 2.61. The Bertz CT molecular complexity index is 910. The fourth-order valence-corrected chi connectivity index (χ4v) is 5.23. The highest BCUT2D eigenvalue weighted by molar-refractivity contribution is 7.99.